The number of aromatic amines is 1. The molecule has 0 radical (unpaired) electrons. The van der Waals surface area contributed by atoms with Gasteiger partial charge in [0.25, 0.3) is 0 Å². The Morgan fingerprint density at radius 3 is 1.92 bits per heavy atom. The molecule has 1 aromatic rings. The van der Waals surface area contributed by atoms with Crippen molar-refractivity contribution < 1.29 is 48.9 Å². The van der Waals surface area contributed by atoms with Crippen LogP contribution in [0.4, 0.5) is 0 Å². The first-order chi connectivity index (χ1) is 17.3. The molecule has 11 N–H and O–H groups in total. The van der Waals surface area contributed by atoms with E-state index in [0.29, 0.717) is 5.69 Å². The summed E-state index contributed by atoms with van der Waals surface area (Å²) in [5.74, 6) is -8.31. The van der Waals surface area contributed by atoms with Gasteiger partial charge in [0.15, 0.2) is 0 Å². The number of imidazole rings is 1. The van der Waals surface area contributed by atoms with Gasteiger partial charge in [-0.3, -0.25) is 28.8 Å². The van der Waals surface area contributed by atoms with E-state index in [1.165, 1.54) is 12.5 Å². The zero-order valence-electron chi connectivity index (χ0n) is 19.5. The summed E-state index contributed by atoms with van der Waals surface area (Å²) in [6, 6.07) is -6.11. The van der Waals surface area contributed by atoms with Crippen molar-refractivity contribution in [3.63, 3.8) is 0 Å². The van der Waals surface area contributed by atoms with Crippen LogP contribution in [-0.2, 0) is 40.0 Å². The zero-order valence-corrected chi connectivity index (χ0v) is 19.5. The van der Waals surface area contributed by atoms with Crippen LogP contribution in [0.5, 0.6) is 0 Å². The summed E-state index contributed by atoms with van der Waals surface area (Å²) < 4.78 is 0. The number of aromatic nitrogens is 2. The second-order valence-corrected chi connectivity index (χ2v) is 7.94. The Morgan fingerprint density at radius 1 is 0.838 bits per heavy atom. The fraction of sp³-hybridized carbons (Fsp3) is 0.500. The molecule has 0 saturated carbocycles. The van der Waals surface area contributed by atoms with Crippen LogP contribution in [0.25, 0.3) is 0 Å². The number of H-pyrrole nitrogens is 1. The van der Waals surface area contributed by atoms with Gasteiger partial charge < -0.3 is 47.7 Å². The molecule has 4 atom stereocenters. The van der Waals surface area contributed by atoms with E-state index in [1.807, 2.05) is 0 Å². The minimum atomic E-state index is -1.71. The van der Waals surface area contributed by atoms with Crippen molar-refractivity contribution in [3.8, 4) is 0 Å². The van der Waals surface area contributed by atoms with Crippen LogP contribution in [-0.4, -0.2) is 91.0 Å². The maximum absolute atomic E-state index is 12.8. The summed E-state index contributed by atoms with van der Waals surface area (Å²) in [6.07, 6.45) is -0.0298. The quantitative estimate of drug-likeness (QED) is 0.0950. The number of hydrogen-bond donors (Lipinski definition) is 9. The zero-order chi connectivity index (χ0) is 28.1. The van der Waals surface area contributed by atoms with Gasteiger partial charge in [0.05, 0.1) is 18.8 Å². The molecule has 0 aromatic carbocycles. The summed E-state index contributed by atoms with van der Waals surface area (Å²) in [4.78, 5) is 89.0. The van der Waals surface area contributed by atoms with Gasteiger partial charge in [0, 0.05) is 31.2 Å². The number of carboxylic acid groups (broad SMARTS) is 3. The van der Waals surface area contributed by atoms with Gasteiger partial charge in [0.1, 0.15) is 18.1 Å². The molecule has 17 nitrogen and oxygen atoms in total. The van der Waals surface area contributed by atoms with Gasteiger partial charge in [0.2, 0.25) is 23.6 Å². The van der Waals surface area contributed by atoms with Crippen molar-refractivity contribution in [1.29, 1.82) is 0 Å². The largest absolute Gasteiger partial charge is 0.481 e. The summed E-state index contributed by atoms with van der Waals surface area (Å²) in [7, 11) is 0. The number of carbonyl (C=O) groups is 7. The molecule has 0 spiro atoms. The van der Waals surface area contributed by atoms with E-state index >= 15 is 0 Å². The molecule has 17 heteroatoms. The van der Waals surface area contributed by atoms with Gasteiger partial charge in [-0.25, -0.2) is 9.78 Å². The number of nitrogens with two attached hydrogens (primary N) is 2. The molecule has 1 heterocycles. The van der Waals surface area contributed by atoms with Crippen LogP contribution in [0.2, 0.25) is 0 Å². The van der Waals surface area contributed by atoms with Gasteiger partial charge in [-0.1, -0.05) is 0 Å². The molecule has 0 fully saturated rings. The molecular weight excluding hydrogens is 498 g/mol. The standard InChI is InChI=1S/C20H29N7O10/c21-10(5-9-7-23-8-24-9)17(33)27-13(6-16(31)32)19(35)25-11(2-4-15(29)30)18(34)26-12(20(36)37)1-3-14(22)28/h7-8,10-13H,1-6,21H2,(H2,22,28)(H,23,24)(H,25,35)(H,26,34)(H,27,33)(H,29,30)(H,31,32)(H,36,37). The third-order valence-electron chi connectivity index (χ3n) is 4.92. The van der Waals surface area contributed by atoms with Gasteiger partial charge >= 0.3 is 17.9 Å². The number of carboxylic acids is 3. The number of nitrogens with one attached hydrogen (secondary N) is 4. The Hall–Kier alpha value is -4.54. The lowest BCUT2D eigenvalue weighted by molar-refractivity contribution is -0.144. The number of carbonyl (C=O) groups excluding carboxylic acids is 4. The number of aliphatic carboxylic acids is 3. The molecular formula is C20H29N7O10. The Kier molecular flexibility index (Phi) is 12.2. The minimum Gasteiger partial charge on any atom is -0.481 e. The van der Waals surface area contributed by atoms with E-state index in [0.717, 1.165) is 0 Å². The molecule has 0 aliphatic carbocycles. The highest BCUT2D eigenvalue weighted by Gasteiger charge is 2.32. The number of primary amides is 1. The summed E-state index contributed by atoms with van der Waals surface area (Å²) in [6.45, 7) is 0. The Morgan fingerprint density at radius 2 is 1.41 bits per heavy atom. The summed E-state index contributed by atoms with van der Waals surface area (Å²) >= 11 is 0. The van der Waals surface area contributed by atoms with Crippen LogP contribution in [0.3, 0.4) is 0 Å². The summed E-state index contributed by atoms with van der Waals surface area (Å²) in [5.41, 5.74) is 11.3. The van der Waals surface area contributed by atoms with Crippen molar-refractivity contribution in [3.05, 3.63) is 18.2 Å². The topological polar surface area (TPSA) is 297 Å². The average Bonchev–Trinajstić information content (AvgIpc) is 3.30. The lowest BCUT2D eigenvalue weighted by Gasteiger charge is -2.24. The van der Waals surface area contributed by atoms with E-state index in [-0.39, 0.29) is 19.3 Å². The first-order valence-electron chi connectivity index (χ1n) is 10.9. The molecule has 0 aliphatic rings. The number of hydrogen-bond acceptors (Lipinski definition) is 9. The number of nitrogens with zero attached hydrogens (tertiary/aromatic N) is 1. The van der Waals surface area contributed by atoms with Crippen molar-refractivity contribution in [2.75, 3.05) is 0 Å². The second kappa shape index (κ2) is 14.8. The van der Waals surface area contributed by atoms with E-state index < -0.39 is 85.0 Å². The van der Waals surface area contributed by atoms with Crippen LogP contribution in [0.15, 0.2) is 12.5 Å². The maximum atomic E-state index is 12.8. The highest BCUT2D eigenvalue weighted by molar-refractivity contribution is 5.95. The van der Waals surface area contributed by atoms with Gasteiger partial charge in [-0.05, 0) is 12.8 Å². The maximum Gasteiger partial charge on any atom is 0.326 e. The molecule has 4 unspecified atom stereocenters. The van der Waals surface area contributed by atoms with Gasteiger partial charge in [-0.2, -0.15) is 0 Å². The average molecular weight is 527 g/mol. The number of rotatable bonds is 17. The normalized spacial score (nSPS) is 13.9. The third kappa shape index (κ3) is 11.6. The molecule has 0 bridgehead atoms. The first-order valence-corrected chi connectivity index (χ1v) is 10.9. The predicted octanol–water partition coefficient (Wildman–Crippen LogP) is -3.58. The fourth-order valence-corrected chi connectivity index (χ4v) is 3.01. The van der Waals surface area contributed by atoms with E-state index in [1.54, 1.807) is 0 Å². The molecule has 204 valence electrons. The third-order valence-corrected chi connectivity index (χ3v) is 4.92. The monoisotopic (exact) mass is 527 g/mol. The highest BCUT2D eigenvalue weighted by atomic mass is 16.4. The summed E-state index contributed by atoms with van der Waals surface area (Å²) in [5, 5.41) is 33.8. The van der Waals surface area contributed by atoms with Crippen LogP contribution in [0, 0.1) is 0 Å². The molecule has 0 saturated heterocycles. The fourth-order valence-electron chi connectivity index (χ4n) is 3.01. The molecule has 4 amide bonds. The van der Waals surface area contributed by atoms with Gasteiger partial charge in [-0.15, -0.1) is 0 Å². The Balaban J connectivity index is 2.99. The first kappa shape index (κ1) is 30.5. The lowest BCUT2D eigenvalue weighted by atomic mass is 10.1. The smallest absolute Gasteiger partial charge is 0.326 e. The Bertz CT molecular complexity index is 998. The Labute approximate surface area is 209 Å². The van der Waals surface area contributed by atoms with E-state index in [9.17, 15) is 38.7 Å². The lowest BCUT2D eigenvalue weighted by Crippen LogP contribution is -2.57. The molecule has 1 aromatic heterocycles. The highest BCUT2D eigenvalue weighted by Crippen LogP contribution is 2.05. The van der Waals surface area contributed by atoms with E-state index in [4.69, 9.17) is 21.7 Å². The molecule has 1 rings (SSSR count). The predicted molar refractivity (Wildman–Crippen MR) is 121 cm³/mol. The molecule has 0 aliphatic heterocycles. The van der Waals surface area contributed by atoms with Crippen LogP contribution >= 0.6 is 0 Å². The van der Waals surface area contributed by atoms with E-state index in [2.05, 4.69) is 25.9 Å². The van der Waals surface area contributed by atoms with Crippen molar-refractivity contribution in [2.45, 2.75) is 62.7 Å². The van der Waals surface area contributed by atoms with Crippen molar-refractivity contribution in [1.82, 2.24) is 25.9 Å². The van der Waals surface area contributed by atoms with Crippen molar-refractivity contribution in [2.24, 2.45) is 11.5 Å². The van der Waals surface area contributed by atoms with Crippen LogP contribution in [0.1, 0.15) is 37.8 Å². The number of amides is 4. The van der Waals surface area contributed by atoms with Crippen molar-refractivity contribution >= 4 is 41.5 Å². The molecule has 37 heavy (non-hydrogen) atoms. The SMILES string of the molecule is NC(=O)CCC(NC(=O)C(CCC(=O)O)NC(=O)C(CC(=O)O)NC(=O)C(N)Cc1cnc[nH]1)C(=O)O. The van der Waals surface area contributed by atoms with Crippen LogP contribution < -0.4 is 27.4 Å². The second-order valence-electron chi connectivity index (χ2n) is 7.94. The minimum absolute atomic E-state index is 0.0151.